The molecule has 0 aliphatic carbocycles. The van der Waals surface area contributed by atoms with Gasteiger partial charge in [0.1, 0.15) is 11.8 Å². The molecule has 1 aliphatic rings. The summed E-state index contributed by atoms with van der Waals surface area (Å²) in [4.78, 5) is 53.2. The Morgan fingerprint density at radius 2 is 1.49 bits per heavy atom. The van der Waals surface area contributed by atoms with Crippen LogP contribution in [0.5, 0.6) is 5.75 Å². The number of hydrogen-bond donors (Lipinski definition) is 1. The van der Waals surface area contributed by atoms with E-state index in [4.69, 9.17) is 9.47 Å². The van der Waals surface area contributed by atoms with Crippen molar-refractivity contribution in [1.29, 1.82) is 0 Å². The highest BCUT2D eigenvalue weighted by Crippen LogP contribution is 2.39. The van der Waals surface area contributed by atoms with Crippen LogP contribution in [0.15, 0.2) is 24.3 Å². The maximum Gasteiger partial charge on any atom is 0.330 e. The van der Waals surface area contributed by atoms with Gasteiger partial charge in [-0.15, -0.1) is 0 Å². The fraction of sp³-hybridized carbons (Fsp3) is 0.304. The first-order valence-corrected chi connectivity index (χ1v) is 14.7. The molecule has 1 aliphatic heterocycles. The standard InChI is InChI=1S/C23H20I4N2O6/c1-4-34-12-8-6-5-7-11(12)28-13(30)9-35-23(33)20(10(2)3)29-21(31)14-15(22(29)32)17(25)19(27)18(26)16(14)24/h5-8,10,20H,4,9H2,1-3H3,(H,28,30). The van der Waals surface area contributed by atoms with E-state index in [1.54, 1.807) is 38.1 Å². The molecule has 3 rings (SSSR count). The number of anilines is 1. The number of benzene rings is 2. The minimum absolute atomic E-state index is 0.300. The molecule has 0 saturated carbocycles. The molecule has 1 atom stereocenters. The Labute approximate surface area is 257 Å². The van der Waals surface area contributed by atoms with Gasteiger partial charge in [-0.1, -0.05) is 26.0 Å². The van der Waals surface area contributed by atoms with Crippen molar-refractivity contribution in [3.63, 3.8) is 0 Å². The van der Waals surface area contributed by atoms with E-state index >= 15 is 0 Å². The third-order valence-corrected chi connectivity index (χ3v) is 12.5. The third-order valence-electron chi connectivity index (χ3n) is 5.09. The van der Waals surface area contributed by atoms with Crippen molar-refractivity contribution in [3.05, 3.63) is 49.7 Å². The second-order valence-corrected chi connectivity index (χ2v) is 12.1. The van der Waals surface area contributed by atoms with Gasteiger partial charge in [-0.2, -0.15) is 0 Å². The van der Waals surface area contributed by atoms with Crippen molar-refractivity contribution in [1.82, 2.24) is 4.90 Å². The number of hydrogen-bond acceptors (Lipinski definition) is 6. The molecular weight excluding hydrogens is 908 g/mol. The summed E-state index contributed by atoms with van der Waals surface area (Å²) in [6.07, 6.45) is 0. The largest absolute Gasteiger partial charge is 0.492 e. The van der Waals surface area contributed by atoms with Crippen LogP contribution in [0.4, 0.5) is 5.69 Å². The second-order valence-electron chi connectivity index (χ2n) is 7.76. The summed E-state index contributed by atoms with van der Waals surface area (Å²) in [7, 11) is 0. The fourth-order valence-corrected chi connectivity index (χ4v) is 7.21. The van der Waals surface area contributed by atoms with Crippen LogP contribution in [0.3, 0.4) is 0 Å². The number of fused-ring (bicyclic) bond motifs is 1. The summed E-state index contributed by atoms with van der Waals surface area (Å²) in [6, 6.07) is 5.74. The van der Waals surface area contributed by atoms with Crippen LogP contribution in [0.25, 0.3) is 0 Å². The van der Waals surface area contributed by atoms with Crippen LogP contribution >= 0.6 is 90.4 Å². The predicted octanol–water partition coefficient (Wildman–Crippen LogP) is 5.31. The van der Waals surface area contributed by atoms with Crippen molar-refractivity contribution >= 4 is 120 Å². The van der Waals surface area contributed by atoms with Gasteiger partial charge in [0.05, 0.1) is 23.4 Å². The molecule has 2 aromatic rings. The van der Waals surface area contributed by atoms with Gasteiger partial charge in [-0.05, 0) is 115 Å². The molecular formula is C23H20I4N2O6. The molecule has 1 N–H and O–H groups in total. The molecule has 8 nitrogen and oxygen atoms in total. The number of nitrogens with one attached hydrogen (secondary N) is 1. The van der Waals surface area contributed by atoms with Gasteiger partial charge in [-0.25, -0.2) is 4.79 Å². The number of imide groups is 1. The van der Waals surface area contributed by atoms with E-state index in [1.165, 1.54) is 0 Å². The fourth-order valence-electron chi connectivity index (χ4n) is 3.55. The van der Waals surface area contributed by atoms with E-state index < -0.39 is 42.3 Å². The molecule has 0 fully saturated rings. The number of para-hydroxylation sites is 2. The summed E-state index contributed by atoms with van der Waals surface area (Å²) in [5.41, 5.74) is 1.05. The van der Waals surface area contributed by atoms with Crippen molar-refractivity contribution in [3.8, 4) is 5.75 Å². The lowest BCUT2D eigenvalue weighted by atomic mass is 10.0. The van der Waals surface area contributed by atoms with Gasteiger partial charge in [0.15, 0.2) is 6.61 Å². The Balaban J connectivity index is 1.79. The Hall–Kier alpha value is -0.760. The molecule has 0 aromatic heterocycles. The Kier molecular flexibility index (Phi) is 10.0. The van der Waals surface area contributed by atoms with E-state index in [-0.39, 0.29) is 0 Å². The zero-order chi connectivity index (χ0) is 26.0. The lowest BCUT2D eigenvalue weighted by Gasteiger charge is -2.27. The molecule has 3 amide bonds. The number of rotatable bonds is 8. The van der Waals surface area contributed by atoms with Crippen LogP contribution < -0.4 is 10.1 Å². The number of carbonyl (C=O) groups excluding carboxylic acids is 4. The molecule has 0 saturated heterocycles. The van der Waals surface area contributed by atoms with Crippen LogP contribution in [0.1, 0.15) is 41.5 Å². The van der Waals surface area contributed by atoms with Gasteiger partial charge in [0.2, 0.25) is 0 Å². The van der Waals surface area contributed by atoms with E-state index in [2.05, 4.69) is 95.7 Å². The van der Waals surface area contributed by atoms with Crippen molar-refractivity contribution in [2.45, 2.75) is 26.8 Å². The highest BCUT2D eigenvalue weighted by molar-refractivity contribution is 14.1. The Bertz CT molecular complexity index is 1170. The van der Waals surface area contributed by atoms with Crippen molar-refractivity contribution < 1.29 is 28.7 Å². The van der Waals surface area contributed by atoms with Crippen LogP contribution in [0, 0.1) is 20.2 Å². The SMILES string of the molecule is CCOc1ccccc1NC(=O)COC(=O)C(C(C)C)N1C(=O)c2c(I)c(I)c(I)c(I)c2C1=O. The molecule has 0 spiro atoms. The minimum atomic E-state index is -1.17. The lowest BCUT2D eigenvalue weighted by molar-refractivity contribution is -0.152. The lowest BCUT2D eigenvalue weighted by Crippen LogP contribution is -2.49. The van der Waals surface area contributed by atoms with E-state index in [0.717, 1.165) is 12.0 Å². The maximum atomic E-state index is 13.4. The molecule has 12 heteroatoms. The summed E-state index contributed by atoms with van der Waals surface area (Å²) in [6.45, 7) is 5.12. The van der Waals surface area contributed by atoms with Gasteiger partial charge in [0.25, 0.3) is 17.7 Å². The van der Waals surface area contributed by atoms with Gasteiger partial charge >= 0.3 is 5.97 Å². The number of halogens is 4. The molecule has 1 unspecified atom stereocenters. The Morgan fingerprint density at radius 3 is 2.00 bits per heavy atom. The van der Waals surface area contributed by atoms with Crippen LogP contribution in [-0.2, 0) is 14.3 Å². The first kappa shape index (κ1) is 28.8. The van der Waals surface area contributed by atoms with Crippen LogP contribution in [-0.4, -0.2) is 47.8 Å². The zero-order valence-corrected chi connectivity index (χ0v) is 27.4. The van der Waals surface area contributed by atoms with E-state index in [0.29, 0.717) is 36.3 Å². The third kappa shape index (κ3) is 5.89. The van der Waals surface area contributed by atoms with Gasteiger partial charge in [-0.3, -0.25) is 19.3 Å². The number of amides is 3. The average molecular weight is 928 g/mol. The quantitative estimate of drug-likeness (QED) is 0.127. The molecule has 1 heterocycles. The molecule has 35 heavy (non-hydrogen) atoms. The summed E-state index contributed by atoms with van der Waals surface area (Å²) in [5.74, 6) is -2.39. The number of esters is 1. The average Bonchev–Trinajstić information content (AvgIpc) is 3.06. The van der Waals surface area contributed by atoms with E-state index in [9.17, 15) is 19.2 Å². The number of ether oxygens (including phenoxy) is 2. The van der Waals surface area contributed by atoms with E-state index in [1.807, 2.05) is 6.92 Å². The number of nitrogens with zero attached hydrogens (tertiary/aromatic N) is 1. The zero-order valence-electron chi connectivity index (χ0n) is 18.8. The number of carbonyl (C=O) groups is 4. The normalized spacial score (nSPS) is 13.7. The van der Waals surface area contributed by atoms with Crippen molar-refractivity contribution in [2.75, 3.05) is 18.5 Å². The minimum Gasteiger partial charge on any atom is -0.492 e. The first-order chi connectivity index (χ1) is 16.5. The Morgan fingerprint density at radius 1 is 0.943 bits per heavy atom. The highest BCUT2D eigenvalue weighted by atomic mass is 127. The first-order valence-electron chi connectivity index (χ1n) is 10.4. The monoisotopic (exact) mass is 928 g/mol. The molecule has 2 aromatic carbocycles. The summed E-state index contributed by atoms with van der Waals surface area (Å²) < 4.78 is 13.9. The topological polar surface area (TPSA) is 102 Å². The predicted molar refractivity (Wildman–Crippen MR) is 164 cm³/mol. The highest BCUT2D eigenvalue weighted by Gasteiger charge is 2.47. The van der Waals surface area contributed by atoms with Gasteiger partial charge < -0.3 is 14.8 Å². The molecule has 186 valence electrons. The van der Waals surface area contributed by atoms with Crippen molar-refractivity contribution in [2.24, 2.45) is 5.92 Å². The summed E-state index contributed by atoms with van der Waals surface area (Å²) in [5, 5.41) is 2.66. The molecule has 0 radical (unpaired) electrons. The maximum absolute atomic E-state index is 13.4. The second kappa shape index (κ2) is 12.2. The summed E-state index contributed by atoms with van der Waals surface area (Å²) >= 11 is 8.40. The molecule has 0 bridgehead atoms. The van der Waals surface area contributed by atoms with Crippen LogP contribution in [0.2, 0.25) is 0 Å². The van der Waals surface area contributed by atoms with Gasteiger partial charge in [0, 0.05) is 14.3 Å². The smallest absolute Gasteiger partial charge is 0.330 e.